The Hall–Kier alpha value is 0.290. The molecule has 1 aliphatic rings. The molecule has 3 nitrogen and oxygen atoms in total. The Labute approximate surface area is 76.9 Å². The van der Waals surface area contributed by atoms with E-state index in [2.05, 4.69) is 14.0 Å². The Morgan fingerprint density at radius 3 is 2.92 bits per heavy atom. The lowest BCUT2D eigenvalue weighted by Crippen LogP contribution is -2.31. The fraction of sp³-hybridized carbons (Fsp3) is 0.857. The van der Waals surface area contributed by atoms with Gasteiger partial charge in [-0.05, 0) is 21.8 Å². The molecular weight excluding hydrogens is 192 g/mol. The molecule has 0 amide bonds. The van der Waals surface area contributed by atoms with E-state index in [1.165, 1.54) is 0 Å². The van der Waals surface area contributed by atoms with Crippen LogP contribution in [0.3, 0.4) is 0 Å². The van der Waals surface area contributed by atoms with Crippen LogP contribution in [-0.2, 0) is 9.53 Å². The third-order valence-corrected chi connectivity index (χ3v) is 3.25. The molecular formula is C7H15NO2P2. The molecule has 5 unspecified atom stereocenters. The topological polar surface area (TPSA) is 38.3 Å². The molecule has 0 bridgehead atoms. The summed E-state index contributed by atoms with van der Waals surface area (Å²) in [5.74, 6) is 0.0211. The van der Waals surface area contributed by atoms with Crippen molar-refractivity contribution < 1.29 is 9.53 Å². The summed E-state index contributed by atoms with van der Waals surface area (Å²) in [5.41, 5.74) is 0. The molecule has 0 aliphatic carbocycles. The molecule has 5 atom stereocenters. The van der Waals surface area contributed by atoms with Crippen LogP contribution in [0.2, 0.25) is 0 Å². The van der Waals surface area contributed by atoms with Crippen LogP contribution < -0.4 is 5.09 Å². The first-order valence-electron chi connectivity index (χ1n) is 4.06. The molecule has 0 spiro atoms. The number of esters is 1. The maximum Gasteiger partial charge on any atom is 0.309 e. The van der Waals surface area contributed by atoms with E-state index < -0.39 is 0 Å². The van der Waals surface area contributed by atoms with Crippen molar-refractivity contribution >= 4 is 23.3 Å². The van der Waals surface area contributed by atoms with Gasteiger partial charge >= 0.3 is 5.97 Å². The van der Waals surface area contributed by atoms with Crippen molar-refractivity contribution in [1.29, 1.82) is 0 Å². The highest BCUT2D eigenvalue weighted by molar-refractivity contribution is 8.01. The van der Waals surface area contributed by atoms with Gasteiger partial charge < -0.3 is 4.74 Å². The minimum atomic E-state index is -0.0549. The summed E-state index contributed by atoms with van der Waals surface area (Å²) < 4.78 is 5.18. The lowest BCUT2D eigenvalue weighted by molar-refractivity contribution is -0.144. The number of rotatable bonds is 3. The second kappa shape index (κ2) is 4.50. The van der Waals surface area contributed by atoms with Crippen molar-refractivity contribution in [2.75, 3.05) is 0 Å². The Morgan fingerprint density at radius 2 is 2.50 bits per heavy atom. The third kappa shape index (κ3) is 2.39. The number of cyclic esters (lactones) is 1. The van der Waals surface area contributed by atoms with E-state index in [4.69, 9.17) is 4.74 Å². The second-order valence-corrected chi connectivity index (χ2v) is 4.63. The Kier molecular flexibility index (Phi) is 3.89. The number of carbonyl (C=O) groups is 1. The van der Waals surface area contributed by atoms with E-state index in [9.17, 15) is 4.79 Å². The quantitative estimate of drug-likeness (QED) is 0.560. The molecule has 1 N–H and O–H groups in total. The molecule has 1 heterocycles. The van der Waals surface area contributed by atoms with Gasteiger partial charge in [0.25, 0.3) is 0 Å². The SMILES string of the molecule is CC1CC(C(C)NPP)OC1=O. The van der Waals surface area contributed by atoms with Gasteiger partial charge in [0.15, 0.2) is 0 Å². The molecule has 0 aromatic carbocycles. The Bertz CT molecular complexity index is 177. The summed E-state index contributed by atoms with van der Waals surface area (Å²) in [6, 6.07) is 0.273. The number of hydrogen-bond acceptors (Lipinski definition) is 3. The van der Waals surface area contributed by atoms with E-state index in [0.29, 0.717) is 8.42 Å². The molecule has 70 valence electrons. The van der Waals surface area contributed by atoms with E-state index in [0.717, 1.165) is 6.42 Å². The van der Waals surface area contributed by atoms with Gasteiger partial charge in [-0.15, -0.1) is 0 Å². The zero-order chi connectivity index (χ0) is 9.14. The van der Waals surface area contributed by atoms with Gasteiger partial charge in [-0.3, -0.25) is 9.88 Å². The average Bonchev–Trinajstić information content (AvgIpc) is 2.33. The van der Waals surface area contributed by atoms with E-state index >= 15 is 0 Å². The van der Waals surface area contributed by atoms with E-state index in [-0.39, 0.29) is 24.0 Å². The van der Waals surface area contributed by atoms with Crippen molar-refractivity contribution in [3.63, 3.8) is 0 Å². The predicted molar refractivity (Wildman–Crippen MR) is 54.3 cm³/mol. The molecule has 1 rings (SSSR count). The van der Waals surface area contributed by atoms with Gasteiger partial charge in [0, 0.05) is 6.04 Å². The smallest absolute Gasteiger partial charge is 0.309 e. The number of carbonyl (C=O) groups excluding carboxylic acids is 1. The molecule has 1 aliphatic heterocycles. The minimum Gasteiger partial charge on any atom is -0.460 e. The maximum atomic E-state index is 11.0. The van der Waals surface area contributed by atoms with Crippen LogP contribution in [0.5, 0.6) is 0 Å². The van der Waals surface area contributed by atoms with Crippen molar-refractivity contribution in [3.05, 3.63) is 0 Å². The van der Waals surface area contributed by atoms with Crippen LogP contribution in [0.1, 0.15) is 20.3 Å². The van der Waals surface area contributed by atoms with Crippen LogP contribution in [0, 0.1) is 5.92 Å². The molecule has 0 aromatic heterocycles. The van der Waals surface area contributed by atoms with E-state index in [1.807, 2.05) is 13.8 Å². The van der Waals surface area contributed by atoms with Crippen LogP contribution in [0.25, 0.3) is 0 Å². The van der Waals surface area contributed by atoms with Gasteiger partial charge in [0.1, 0.15) is 6.10 Å². The summed E-state index contributed by atoms with van der Waals surface area (Å²) in [6.45, 7) is 3.96. The first-order chi connectivity index (χ1) is 5.65. The molecule has 0 aromatic rings. The predicted octanol–water partition coefficient (Wildman–Crippen LogP) is 1.30. The average molecular weight is 207 g/mol. The van der Waals surface area contributed by atoms with E-state index in [1.54, 1.807) is 0 Å². The first-order valence-corrected chi connectivity index (χ1v) is 6.87. The fourth-order valence-electron chi connectivity index (χ4n) is 1.29. The fourth-order valence-corrected chi connectivity index (χ4v) is 2.53. The van der Waals surface area contributed by atoms with Crippen molar-refractivity contribution in [1.82, 2.24) is 5.09 Å². The maximum absolute atomic E-state index is 11.0. The molecule has 12 heavy (non-hydrogen) atoms. The standard InChI is InChI=1S/C7H15NO2P2/c1-4-3-6(10-7(4)9)5(2)8-12-11/h4-6,8,12H,3,11H2,1-2H3. The van der Waals surface area contributed by atoms with Crippen molar-refractivity contribution in [3.8, 4) is 0 Å². The zero-order valence-electron chi connectivity index (χ0n) is 7.33. The normalized spacial score (nSPS) is 32.8. The minimum absolute atomic E-state index is 0.0549. The molecule has 0 radical (unpaired) electrons. The highest BCUT2D eigenvalue weighted by Crippen LogP contribution is 2.25. The second-order valence-electron chi connectivity index (χ2n) is 3.19. The van der Waals surface area contributed by atoms with Crippen LogP contribution in [0.15, 0.2) is 0 Å². The molecule has 0 saturated carbocycles. The number of nitrogens with one attached hydrogen (secondary N) is 1. The zero-order valence-corrected chi connectivity index (χ0v) is 9.49. The van der Waals surface area contributed by atoms with Crippen LogP contribution in [0.4, 0.5) is 0 Å². The molecule has 1 saturated heterocycles. The highest BCUT2D eigenvalue weighted by Gasteiger charge is 2.33. The number of hydrogen-bond donors (Lipinski definition) is 1. The lowest BCUT2D eigenvalue weighted by Gasteiger charge is -2.17. The summed E-state index contributed by atoms with van der Waals surface area (Å²) in [4.78, 5) is 11.0. The summed E-state index contributed by atoms with van der Waals surface area (Å²) >= 11 is 0. The first kappa shape index (κ1) is 10.4. The molecule has 1 fully saturated rings. The van der Waals surface area contributed by atoms with Gasteiger partial charge in [-0.2, -0.15) is 0 Å². The third-order valence-electron chi connectivity index (χ3n) is 2.12. The largest absolute Gasteiger partial charge is 0.460 e. The lowest BCUT2D eigenvalue weighted by atomic mass is 10.0. The highest BCUT2D eigenvalue weighted by atomic mass is 32.0. The number of ether oxygens (including phenoxy) is 1. The van der Waals surface area contributed by atoms with Gasteiger partial charge in [0.05, 0.1) is 5.92 Å². The Morgan fingerprint density at radius 1 is 1.83 bits per heavy atom. The van der Waals surface area contributed by atoms with Crippen molar-refractivity contribution in [2.45, 2.75) is 32.4 Å². The van der Waals surface area contributed by atoms with Gasteiger partial charge in [0.2, 0.25) is 0 Å². The molecule has 5 heteroatoms. The monoisotopic (exact) mass is 207 g/mol. The summed E-state index contributed by atoms with van der Waals surface area (Å²) in [7, 11) is 3.25. The summed E-state index contributed by atoms with van der Waals surface area (Å²) in [6.07, 6.45) is 0.919. The van der Waals surface area contributed by atoms with Gasteiger partial charge in [-0.25, -0.2) is 0 Å². The van der Waals surface area contributed by atoms with Crippen molar-refractivity contribution in [2.24, 2.45) is 5.92 Å². The van der Waals surface area contributed by atoms with Gasteiger partial charge in [-0.1, -0.05) is 15.9 Å². The van der Waals surface area contributed by atoms with Crippen LogP contribution in [-0.4, -0.2) is 18.1 Å². The summed E-state index contributed by atoms with van der Waals surface area (Å²) in [5, 5.41) is 3.24. The Balaban J connectivity index is 2.40. The van der Waals surface area contributed by atoms with Crippen LogP contribution >= 0.6 is 17.3 Å².